The van der Waals surface area contributed by atoms with Crippen LogP contribution in [-0.4, -0.2) is 37.8 Å². The molecule has 0 amide bonds. The number of pyridine rings is 1. The molecule has 0 radical (unpaired) electrons. The zero-order valence-corrected chi connectivity index (χ0v) is 19.4. The Kier molecular flexibility index (Phi) is 5.56. The molecule has 4 aromatic rings. The number of nitrogens with two attached hydrogens (primary N) is 1. The van der Waals surface area contributed by atoms with Gasteiger partial charge in [0.05, 0.1) is 34.1 Å². The summed E-state index contributed by atoms with van der Waals surface area (Å²) in [6.45, 7) is 4.77. The summed E-state index contributed by atoms with van der Waals surface area (Å²) in [6.07, 6.45) is 5.83. The van der Waals surface area contributed by atoms with Crippen LogP contribution in [-0.2, 0) is 11.3 Å². The van der Waals surface area contributed by atoms with Gasteiger partial charge in [0.2, 0.25) is 0 Å². The molecule has 1 fully saturated rings. The molecule has 1 aliphatic heterocycles. The normalized spacial score (nSPS) is 21.4. The van der Waals surface area contributed by atoms with Gasteiger partial charge < -0.3 is 15.8 Å². The van der Waals surface area contributed by atoms with E-state index < -0.39 is 0 Å². The van der Waals surface area contributed by atoms with E-state index in [2.05, 4.69) is 45.2 Å². The van der Waals surface area contributed by atoms with Crippen molar-refractivity contribution in [2.24, 2.45) is 0 Å². The maximum absolute atomic E-state index is 13.7. The predicted octanol–water partition coefficient (Wildman–Crippen LogP) is 4.47. The van der Waals surface area contributed by atoms with E-state index in [1.54, 1.807) is 23.0 Å². The summed E-state index contributed by atoms with van der Waals surface area (Å²) < 4.78 is 21.9. The van der Waals surface area contributed by atoms with Crippen LogP contribution in [0, 0.1) is 5.82 Å². The molecule has 3 N–H and O–H groups in total. The highest BCUT2D eigenvalue weighted by Gasteiger charge is 2.25. The Morgan fingerprint density at radius 2 is 2.00 bits per heavy atom. The minimum absolute atomic E-state index is 0.229. The molecular formula is C23H24BrFN6O. The number of nitrogens with zero attached hydrogens (tertiary/aromatic N) is 4. The first-order valence-corrected chi connectivity index (χ1v) is 11.4. The second-order valence-electron chi connectivity index (χ2n) is 8.42. The maximum Gasteiger partial charge on any atom is 0.165 e. The van der Waals surface area contributed by atoms with Crippen molar-refractivity contribution < 1.29 is 9.13 Å². The van der Waals surface area contributed by atoms with Crippen molar-refractivity contribution >= 4 is 38.3 Å². The molecule has 166 valence electrons. The number of ether oxygens (including phenoxy) is 1. The van der Waals surface area contributed by atoms with E-state index in [-0.39, 0.29) is 18.0 Å². The lowest BCUT2D eigenvalue weighted by molar-refractivity contribution is -0.0423. The van der Waals surface area contributed by atoms with Crippen molar-refractivity contribution in [2.45, 2.75) is 51.5 Å². The number of anilines is 1. The smallest absolute Gasteiger partial charge is 0.165 e. The van der Waals surface area contributed by atoms with Crippen LogP contribution in [0.15, 0.2) is 41.1 Å². The monoisotopic (exact) mass is 498 g/mol. The third kappa shape index (κ3) is 3.96. The van der Waals surface area contributed by atoms with Gasteiger partial charge in [0, 0.05) is 35.3 Å². The molecule has 3 aromatic heterocycles. The first kappa shape index (κ1) is 21.2. The minimum atomic E-state index is -0.298. The summed E-state index contributed by atoms with van der Waals surface area (Å²) in [4.78, 5) is 9.33. The van der Waals surface area contributed by atoms with E-state index in [9.17, 15) is 4.39 Å². The largest absolute Gasteiger partial charge is 0.383 e. The second-order valence-corrected chi connectivity index (χ2v) is 9.21. The van der Waals surface area contributed by atoms with Gasteiger partial charge >= 0.3 is 0 Å². The van der Waals surface area contributed by atoms with E-state index in [4.69, 9.17) is 15.5 Å². The van der Waals surface area contributed by atoms with Crippen LogP contribution in [0.3, 0.4) is 0 Å². The molecule has 1 unspecified atom stereocenters. The SMILES string of the molecule is C[C@@H]1CC(NCc2nc3c(-c4cnc5ccc(F)cc5c4)cnn3c(N)c2Br)C[C@H](C)O1. The summed E-state index contributed by atoms with van der Waals surface area (Å²) >= 11 is 3.59. The third-order valence-electron chi connectivity index (χ3n) is 5.90. The lowest BCUT2D eigenvalue weighted by Gasteiger charge is -2.32. The van der Waals surface area contributed by atoms with Gasteiger partial charge in [-0.2, -0.15) is 9.61 Å². The Morgan fingerprint density at radius 3 is 2.78 bits per heavy atom. The van der Waals surface area contributed by atoms with Crippen LogP contribution >= 0.6 is 15.9 Å². The highest BCUT2D eigenvalue weighted by molar-refractivity contribution is 9.10. The van der Waals surface area contributed by atoms with Crippen LogP contribution in [0.25, 0.3) is 27.7 Å². The molecule has 32 heavy (non-hydrogen) atoms. The minimum Gasteiger partial charge on any atom is -0.383 e. The zero-order valence-electron chi connectivity index (χ0n) is 17.8. The molecule has 0 saturated carbocycles. The Balaban J connectivity index is 1.50. The average Bonchev–Trinajstić information content (AvgIpc) is 3.18. The fourth-order valence-corrected chi connectivity index (χ4v) is 4.82. The summed E-state index contributed by atoms with van der Waals surface area (Å²) in [5, 5.41) is 8.74. The number of aromatic nitrogens is 4. The van der Waals surface area contributed by atoms with E-state index >= 15 is 0 Å². The zero-order chi connectivity index (χ0) is 22.4. The van der Waals surface area contributed by atoms with Crippen molar-refractivity contribution in [3.8, 4) is 11.1 Å². The van der Waals surface area contributed by atoms with Crippen LogP contribution in [0.5, 0.6) is 0 Å². The molecule has 1 saturated heterocycles. The van der Waals surface area contributed by atoms with Crippen LogP contribution in [0.2, 0.25) is 0 Å². The summed E-state index contributed by atoms with van der Waals surface area (Å²) in [5.74, 6) is 0.180. The molecule has 1 aromatic carbocycles. The van der Waals surface area contributed by atoms with Gasteiger partial charge in [0.1, 0.15) is 11.6 Å². The van der Waals surface area contributed by atoms with Gasteiger partial charge in [0.25, 0.3) is 0 Å². The molecule has 3 atom stereocenters. The number of rotatable bonds is 4. The van der Waals surface area contributed by atoms with Gasteiger partial charge in [-0.05, 0) is 66.9 Å². The van der Waals surface area contributed by atoms with E-state index in [1.165, 1.54) is 12.1 Å². The number of hydrogen-bond donors (Lipinski definition) is 2. The highest BCUT2D eigenvalue weighted by atomic mass is 79.9. The number of nitrogens with one attached hydrogen (secondary N) is 1. The van der Waals surface area contributed by atoms with Gasteiger partial charge in [0.15, 0.2) is 5.65 Å². The van der Waals surface area contributed by atoms with Gasteiger partial charge in [-0.15, -0.1) is 0 Å². The molecule has 1 aliphatic rings. The number of halogens is 2. The summed E-state index contributed by atoms with van der Waals surface area (Å²) in [7, 11) is 0. The van der Waals surface area contributed by atoms with Gasteiger partial charge in [-0.1, -0.05) is 0 Å². The van der Waals surface area contributed by atoms with Crippen molar-refractivity contribution in [3.05, 3.63) is 52.6 Å². The summed E-state index contributed by atoms with van der Waals surface area (Å²) in [5.41, 5.74) is 10.1. The topological polar surface area (TPSA) is 90.4 Å². The number of benzene rings is 1. The molecular weight excluding hydrogens is 475 g/mol. The van der Waals surface area contributed by atoms with Crippen molar-refractivity contribution in [1.29, 1.82) is 0 Å². The van der Waals surface area contributed by atoms with Crippen LogP contribution in [0.4, 0.5) is 10.2 Å². The van der Waals surface area contributed by atoms with E-state index in [0.29, 0.717) is 24.1 Å². The molecule has 4 heterocycles. The Morgan fingerprint density at radius 1 is 1.22 bits per heavy atom. The maximum atomic E-state index is 13.7. The first-order chi connectivity index (χ1) is 15.4. The van der Waals surface area contributed by atoms with Gasteiger partial charge in [-0.3, -0.25) is 4.98 Å². The van der Waals surface area contributed by atoms with E-state index in [1.807, 2.05) is 6.07 Å². The standard InChI is InChI=1S/C23H24BrFN6O/c1-12-5-17(6-13(2)32-12)27-11-20-21(24)22(26)31-23(30-20)18(10-29-31)15-7-14-8-16(25)3-4-19(14)28-9-15/h3-4,7-10,12-13,17,27H,5-6,11,26H2,1-2H3/t12-,13+,17?. The van der Waals surface area contributed by atoms with Crippen molar-refractivity contribution in [2.75, 3.05) is 5.73 Å². The van der Waals surface area contributed by atoms with Crippen molar-refractivity contribution in [3.63, 3.8) is 0 Å². The molecule has 7 nitrogen and oxygen atoms in total. The predicted molar refractivity (Wildman–Crippen MR) is 126 cm³/mol. The molecule has 0 spiro atoms. The van der Waals surface area contributed by atoms with Crippen LogP contribution in [0.1, 0.15) is 32.4 Å². The number of hydrogen-bond acceptors (Lipinski definition) is 6. The first-order valence-electron chi connectivity index (χ1n) is 10.6. The van der Waals surface area contributed by atoms with Gasteiger partial charge in [-0.25, -0.2) is 9.37 Å². The lowest BCUT2D eigenvalue weighted by Crippen LogP contribution is -2.41. The lowest BCUT2D eigenvalue weighted by atomic mass is 10.00. The van der Waals surface area contributed by atoms with Crippen molar-refractivity contribution in [1.82, 2.24) is 24.9 Å². The highest BCUT2D eigenvalue weighted by Crippen LogP contribution is 2.31. The van der Waals surface area contributed by atoms with E-state index in [0.717, 1.165) is 45.0 Å². The number of nitrogen functional groups attached to an aromatic ring is 1. The number of fused-ring (bicyclic) bond motifs is 2. The fraction of sp³-hybridized carbons (Fsp3) is 0.348. The quantitative estimate of drug-likeness (QED) is 0.431. The summed E-state index contributed by atoms with van der Waals surface area (Å²) in [6, 6.07) is 6.79. The molecule has 5 rings (SSSR count). The third-order valence-corrected chi connectivity index (χ3v) is 6.77. The Hall–Kier alpha value is -2.62. The van der Waals surface area contributed by atoms with Crippen LogP contribution < -0.4 is 11.1 Å². The molecule has 0 aliphatic carbocycles. The molecule has 0 bridgehead atoms. The molecule has 9 heteroatoms. The Labute approximate surface area is 193 Å². The Bertz CT molecular complexity index is 1300. The fourth-order valence-electron chi connectivity index (χ4n) is 4.43. The average molecular weight is 499 g/mol. The second kappa shape index (κ2) is 8.38.